The van der Waals surface area contributed by atoms with Gasteiger partial charge in [0.05, 0.1) is 6.54 Å². The molecule has 0 saturated carbocycles. The molecule has 3 N–H and O–H groups in total. The summed E-state index contributed by atoms with van der Waals surface area (Å²) in [4.78, 5) is 27.0. The van der Waals surface area contributed by atoms with Crippen LogP contribution in [0.2, 0.25) is 0 Å². The number of H-pyrrole nitrogens is 1. The van der Waals surface area contributed by atoms with Crippen molar-refractivity contribution in [2.24, 2.45) is 0 Å². The van der Waals surface area contributed by atoms with E-state index in [1.807, 2.05) is 6.92 Å². The topological polar surface area (TPSA) is 95.6 Å². The maximum atomic E-state index is 11.9. The molecule has 0 unspecified atom stereocenters. The van der Waals surface area contributed by atoms with Crippen LogP contribution >= 0.6 is 0 Å². The van der Waals surface area contributed by atoms with Crippen LogP contribution in [0.1, 0.15) is 22.0 Å². The molecule has 0 fully saturated rings. The Hall–Kier alpha value is -2.44. The zero-order chi connectivity index (χ0) is 13.0. The molecule has 94 valence electrons. The molecule has 2 aromatic heterocycles. The first-order valence-electron chi connectivity index (χ1n) is 5.49. The Labute approximate surface area is 104 Å². The van der Waals surface area contributed by atoms with E-state index in [4.69, 9.17) is 0 Å². The second-order valence-corrected chi connectivity index (χ2v) is 3.69. The van der Waals surface area contributed by atoms with Crippen molar-refractivity contribution >= 4 is 11.9 Å². The van der Waals surface area contributed by atoms with Gasteiger partial charge in [-0.25, -0.2) is 15.0 Å². The average Bonchev–Trinajstić information content (AvgIpc) is 2.88. The highest BCUT2D eigenvalue weighted by Crippen LogP contribution is 2.04. The van der Waals surface area contributed by atoms with E-state index in [2.05, 4.69) is 30.6 Å². The van der Waals surface area contributed by atoms with Crippen LogP contribution in [-0.2, 0) is 6.54 Å². The summed E-state index contributed by atoms with van der Waals surface area (Å²) >= 11 is 0. The van der Waals surface area contributed by atoms with Gasteiger partial charge < -0.3 is 15.6 Å². The first-order valence-corrected chi connectivity index (χ1v) is 5.49. The summed E-state index contributed by atoms with van der Waals surface area (Å²) in [5.41, 5.74) is 1.07. The van der Waals surface area contributed by atoms with Gasteiger partial charge in [0.1, 0.15) is 11.5 Å². The molecule has 18 heavy (non-hydrogen) atoms. The van der Waals surface area contributed by atoms with Crippen LogP contribution in [0.25, 0.3) is 0 Å². The monoisotopic (exact) mass is 246 g/mol. The molecule has 7 heteroatoms. The van der Waals surface area contributed by atoms with E-state index in [1.165, 1.54) is 0 Å². The van der Waals surface area contributed by atoms with E-state index >= 15 is 0 Å². The van der Waals surface area contributed by atoms with Crippen molar-refractivity contribution in [1.82, 2.24) is 25.3 Å². The number of carbonyl (C=O) groups excluding carboxylic acids is 1. The lowest BCUT2D eigenvalue weighted by molar-refractivity contribution is 0.0945. The highest BCUT2D eigenvalue weighted by Gasteiger charge is 2.10. The maximum absolute atomic E-state index is 11.9. The van der Waals surface area contributed by atoms with Gasteiger partial charge in [-0.15, -0.1) is 0 Å². The van der Waals surface area contributed by atoms with E-state index in [-0.39, 0.29) is 5.91 Å². The normalized spacial score (nSPS) is 10.1. The number of nitrogens with zero attached hydrogens (tertiary/aromatic N) is 3. The Bertz CT molecular complexity index is 536. The summed E-state index contributed by atoms with van der Waals surface area (Å²) in [6.45, 7) is 2.15. The predicted molar refractivity (Wildman–Crippen MR) is 66.1 cm³/mol. The second kappa shape index (κ2) is 5.26. The van der Waals surface area contributed by atoms with Crippen LogP contribution in [0, 0.1) is 6.92 Å². The molecule has 0 radical (unpaired) electrons. The second-order valence-electron chi connectivity index (χ2n) is 3.69. The molecule has 0 bridgehead atoms. The standard InChI is InChI=1S/C11H14N6O/c1-7-5-8(17-11(12-2)16-7)10(18)15-6-9-13-3-4-14-9/h3-5H,6H2,1-2H3,(H,13,14)(H,15,18)(H,12,16,17). The van der Waals surface area contributed by atoms with Gasteiger partial charge in [0.2, 0.25) is 5.95 Å². The Morgan fingerprint density at radius 2 is 2.28 bits per heavy atom. The number of anilines is 1. The third-order valence-corrected chi connectivity index (χ3v) is 2.28. The molecule has 0 aliphatic rings. The number of hydrogen-bond acceptors (Lipinski definition) is 5. The van der Waals surface area contributed by atoms with Gasteiger partial charge in [-0.1, -0.05) is 0 Å². The molecule has 0 spiro atoms. The van der Waals surface area contributed by atoms with Gasteiger partial charge in [-0.05, 0) is 13.0 Å². The van der Waals surface area contributed by atoms with Gasteiger partial charge in [0, 0.05) is 25.1 Å². The summed E-state index contributed by atoms with van der Waals surface area (Å²) in [5.74, 6) is 0.870. The first kappa shape index (κ1) is 12.0. The number of aromatic amines is 1. The number of carbonyl (C=O) groups is 1. The van der Waals surface area contributed by atoms with E-state index in [0.29, 0.717) is 24.0 Å². The Morgan fingerprint density at radius 3 is 2.94 bits per heavy atom. The molecule has 0 saturated heterocycles. The van der Waals surface area contributed by atoms with Crippen molar-refractivity contribution in [2.75, 3.05) is 12.4 Å². The lowest BCUT2D eigenvalue weighted by Crippen LogP contribution is -2.25. The highest BCUT2D eigenvalue weighted by molar-refractivity contribution is 5.92. The highest BCUT2D eigenvalue weighted by atomic mass is 16.1. The number of aryl methyl sites for hydroxylation is 1. The lowest BCUT2D eigenvalue weighted by Gasteiger charge is -2.05. The quantitative estimate of drug-likeness (QED) is 0.729. The Balaban J connectivity index is 2.06. The van der Waals surface area contributed by atoms with Gasteiger partial charge in [-0.3, -0.25) is 4.79 Å². The SMILES string of the molecule is CNc1nc(C)cc(C(=O)NCc2ncc[nH]2)n1. The molecule has 0 atom stereocenters. The fraction of sp³-hybridized carbons (Fsp3) is 0.273. The van der Waals surface area contributed by atoms with Gasteiger partial charge >= 0.3 is 0 Å². The van der Waals surface area contributed by atoms with Crippen molar-refractivity contribution in [3.05, 3.63) is 35.7 Å². The van der Waals surface area contributed by atoms with Crippen LogP contribution < -0.4 is 10.6 Å². The molecule has 0 aliphatic carbocycles. The smallest absolute Gasteiger partial charge is 0.270 e. The van der Waals surface area contributed by atoms with Crippen LogP contribution in [0.3, 0.4) is 0 Å². The first-order chi connectivity index (χ1) is 8.69. The predicted octanol–water partition coefficient (Wildman–Crippen LogP) is 0.480. The molecule has 2 aromatic rings. The van der Waals surface area contributed by atoms with Gasteiger partial charge in [0.25, 0.3) is 5.91 Å². The van der Waals surface area contributed by atoms with Crippen molar-refractivity contribution in [3.8, 4) is 0 Å². The zero-order valence-corrected chi connectivity index (χ0v) is 10.2. The Kier molecular flexibility index (Phi) is 3.52. The summed E-state index contributed by atoms with van der Waals surface area (Å²) in [6.07, 6.45) is 3.34. The van der Waals surface area contributed by atoms with Crippen LogP contribution in [0.4, 0.5) is 5.95 Å². The van der Waals surface area contributed by atoms with Crippen LogP contribution in [0.5, 0.6) is 0 Å². The fourth-order valence-corrected chi connectivity index (χ4v) is 1.45. The number of imidazole rings is 1. The third-order valence-electron chi connectivity index (χ3n) is 2.28. The van der Waals surface area contributed by atoms with Gasteiger partial charge in [0.15, 0.2) is 0 Å². The molecule has 0 aliphatic heterocycles. The molecular weight excluding hydrogens is 232 g/mol. The number of aromatic nitrogens is 4. The Morgan fingerprint density at radius 1 is 1.44 bits per heavy atom. The number of amides is 1. The number of hydrogen-bond donors (Lipinski definition) is 3. The molecular formula is C11H14N6O. The van der Waals surface area contributed by atoms with Crippen molar-refractivity contribution in [1.29, 1.82) is 0 Å². The fourth-order valence-electron chi connectivity index (χ4n) is 1.45. The van der Waals surface area contributed by atoms with Crippen molar-refractivity contribution < 1.29 is 4.79 Å². The molecule has 0 aromatic carbocycles. The zero-order valence-electron chi connectivity index (χ0n) is 10.2. The number of nitrogens with one attached hydrogen (secondary N) is 3. The molecule has 1 amide bonds. The van der Waals surface area contributed by atoms with Crippen molar-refractivity contribution in [2.45, 2.75) is 13.5 Å². The average molecular weight is 246 g/mol. The minimum absolute atomic E-state index is 0.256. The number of rotatable bonds is 4. The molecule has 2 rings (SSSR count). The summed E-state index contributed by atoms with van der Waals surface area (Å²) in [7, 11) is 1.71. The largest absolute Gasteiger partial charge is 0.357 e. The minimum atomic E-state index is -0.256. The summed E-state index contributed by atoms with van der Waals surface area (Å²) in [6, 6.07) is 1.64. The minimum Gasteiger partial charge on any atom is -0.357 e. The third kappa shape index (κ3) is 2.82. The van der Waals surface area contributed by atoms with E-state index in [0.717, 1.165) is 5.69 Å². The molecule has 2 heterocycles. The summed E-state index contributed by atoms with van der Waals surface area (Å²) < 4.78 is 0. The van der Waals surface area contributed by atoms with Crippen LogP contribution in [-0.4, -0.2) is 32.9 Å². The van der Waals surface area contributed by atoms with E-state index in [9.17, 15) is 4.79 Å². The van der Waals surface area contributed by atoms with Gasteiger partial charge in [-0.2, -0.15) is 0 Å². The lowest BCUT2D eigenvalue weighted by atomic mass is 10.3. The van der Waals surface area contributed by atoms with Crippen LogP contribution in [0.15, 0.2) is 18.5 Å². The van der Waals surface area contributed by atoms with E-state index < -0.39 is 0 Å². The van der Waals surface area contributed by atoms with Crippen molar-refractivity contribution in [3.63, 3.8) is 0 Å². The van der Waals surface area contributed by atoms with E-state index in [1.54, 1.807) is 25.5 Å². The summed E-state index contributed by atoms with van der Waals surface area (Å²) in [5, 5.41) is 5.54. The molecule has 7 nitrogen and oxygen atoms in total. The maximum Gasteiger partial charge on any atom is 0.270 e.